The van der Waals surface area contributed by atoms with Gasteiger partial charge in [-0.2, -0.15) is 0 Å². The molecule has 3 rings (SSSR count). The molecule has 0 radical (unpaired) electrons. The highest BCUT2D eigenvalue weighted by Crippen LogP contribution is 2.22. The summed E-state index contributed by atoms with van der Waals surface area (Å²) in [7, 11) is 2.22. The van der Waals surface area contributed by atoms with Gasteiger partial charge in [0.15, 0.2) is 0 Å². The molecular weight excluding hydrogens is 262 g/mol. The van der Waals surface area contributed by atoms with Crippen molar-refractivity contribution in [3.8, 4) is 0 Å². The van der Waals surface area contributed by atoms with Gasteiger partial charge in [0.05, 0.1) is 0 Å². The zero-order valence-electron chi connectivity index (χ0n) is 13.0. The number of hydrogen-bond donors (Lipinski definition) is 1. The number of nitrogens with zero attached hydrogens (tertiary/aromatic N) is 4. The second kappa shape index (κ2) is 7.31. The second-order valence-electron chi connectivity index (χ2n) is 6.19. The molecule has 0 aliphatic carbocycles. The van der Waals surface area contributed by atoms with E-state index in [0.717, 1.165) is 58.9 Å². The molecule has 0 aromatic carbocycles. The van der Waals surface area contributed by atoms with Crippen molar-refractivity contribution in [2.45, 2.75) is 6.04 Å². The lowest BCUT2D eigenvalue weighted by Crippen LogP contribution is -2.51. The van der Waals surface area contributed by atoms with Crippen LogP contribution < -0.4 is 5.32 Å². The summed E-state index contributed by atoms with van der Waals surface area (Å²) in [5.41, 5.74) is 1.36. The van der Waals surface area contributed by atoms with Crippen molar-refractivity contribution in [1.29, 1.82) is 0 Å². The third kappa shape index (κ3) is 4.01. The molecule has 116 valence electrons. The van der Waals surface area contributed by atoms with Gasteiger partial charge < -0.3 is 10.2 Å². The number of pyridine rings is 1. The average Bonchev–Trinajstić information content (AvgIpc) is 2.55. The lowest BCUT2D eigenvalue weighted by molar-refractivity contribution is 0.0815. The fraction of sp³-hybridized carbons (Fsp3) is 0.688. The summed E-state index contributed by atoms with van der Waals surface area (Å²) < 4.78 is 0. The molecule has 5 heteroatoms. The Morgan fingerprint density at radius 1 is 1.14 bits per heavy atom. The third-order valence-corrected chi connectivity index (χ3v) is 4.69. The molecule has 21 heavy (non-hydrogen) atoms. The Labute approximate surface area is 127 Å². The summed E-state index contributed by atoms with van der Waals surface area (Å²) in [6, 6.07) is 4.78. The summed E-state index contributed by atoms with van der Waals surface area (Å²) in [5, 5.41) is 3.44. The highest BCUT2D eigenvalue weighted by atomic mass is 15.3. The maximum absolute atomic E-state index is 4.34. The number of rotatable bonds is 4. The molecule has 1 atom stereocenters. The Kier molecular flexibility index (Phi) is 5.19. The lowest BCUT2D eigenvalue weighted by Gasteiger charge is -2.41. The van der Waals surface area contributed by atoms with Gasteiger partial charge in [-0.15, -0.1) is 0 Å². The van der Waals surface area contributed by atoms with Crippen molar-refractivity contribution in [3.63, 3.8) is 0 Å². The number of piperazine rings is 2. The topological polar surface area (TPSA) is 34.6 Å². The Morgan fingerprint density at radius 3 is 2.57 bits per heavy atom. The van der Waals surface area contributed by atoms with Gasteiger partial charge in [0, 0.05) is 77.3 Å². The van der Waals surface area contributed by atoms with Crippen LogP contribution in [0.2, 0.25) is 0 Å². The smallest absolute Gasteiger partial charge is 0.0491 e. The first-order chi connectivity index (χ1) is 10.3. The van der Waals surface area contributed by atoms with Crippen LogP contribution in [-0.4, -0.2) is 85.6 Å². The fourth-order valence-corrected chi connectivity index (χ4v) is 3.28. The van der Waals surface area contributed by atoms with Gasteiger partial charge in [-0.05, 0) is 18.7 Å². The van der Waals surface area contributed by atoms with Crippen LogP contribution in [0.3, 0.4) is 0 Å². The van der Waals surface area contributed by atoms with E-state index in [1.54, 1.807) is 0 Å². The first-order valence-corrected chi connectivity index (χ1v) is 8.08. The van der Waals surface area contributed by atoms with Crippen LogP contribution in [0.5, 0.6) is 0 Å². The first kappa shape index (κ1) is 14.9. The molecule has 2 saturated heterocycles. The van der Waals surface area contributed by atoms with Crippen molar-refractivity contribution >= 4 is 0 Å². The fourth-order valence-electron chi connectivity index (χ4n) is 3.28. The van der Waals surface area contributed by atoms with Crippen molar-refractivity contribution in [2.75, 3.05) is 66.0 Å². The van der Waals surface area contributed by atoms with Gasteiger partial charge in [-0.3, -0.25) is 14.8 Å². The van der Waals surface area contributed by atoms with E-state index in [4.69, 9.17) is 0 Å². The van der Waals surface area contributed by atoms with Crippen LogP contribution in [0.4, 0.5) is 0 Å². The minimum Gasteiger partial charge on any atom is -0.314 e. The first-order valence-electron chi connectivity index (χ1n) is 8.08. The maximum atomic E-state index is 4.34. The molecule has 2 aliphatic rings. The lowest BCUT2D eigenvalue weighted by atomic mass is 10.1. The summed E-state index contributed by atoms with van der Waals surface area (Å²) in [5.74, 6) is 0. The Balaban J connectivity index is 1.71. The van der Waals surface area contributed by atoms with E-state index in [9.17, 15) is 0 Å². The maximum Gasteiger partial charge on any atom is 0.0491 e. The number of likely N-dealkylation sites (N-methyl/N-ethyl adjacent to an activating group) is 1. The zero-order chi connectivity index (χ0) is 14.5. The van der Waals surface area contributed by atoms with E-state index in [0.29, 0.717) is 6.04 Å². The minimum atomic E-state index is 0.477. The average molecular weight is 289 g/mol. The molecule has 1 N–H and O–H groups in total. The zero-order valence-corrected chi connectivity index (χ0v) is 13.0. The summed E-state index contributed by atoms with van der Waals surface area (Å²) in [4.78, 5) is 12.0. The largest absolute Gasteiger partial charge is 0.314 e. The quantitative estimate of drug-likeness (QED) is 0.861. The molecule has 3 heterocycles. The predicted molar refractivity (Wildman–Crippen MR) is 85.4 cm³/mol. The molecule has 2 fully saturated rings. The van der Waals surface area contributed by atoms with Gasteiger partial charge in [-0.1, -0.05) is 6.07 Å². The van der Waals surface area contributed by atoms with E-state index < -0.39 is 0 Å². The summed E-state index contributed by atoms with van der Waals surface area (Å²) in [6.07, 6.45) is 3.92. The Morgan fingerprint density at radius 2 is 1.90 bits per heavy atom. The molecule has 0 saturated carbocycles. The summed E-state index contributed by atoms with van der Waals surface area (Å²) in [6.45, 7) is 10.3. The molecule has 1 aromatic rings. The highest BCUT2D eigenvalue weighted by Gasteiger charge is 2.26. The van der Waals surface area contributed by atoms with Gasteiger partial charge in [0.1, 0.15) is 0 Å². The van der Waals surface area contributed by atoms with Crippen LogP contribution in [0.25, 0.3) is 0 Å². The van der Waals surface area contributed by atoms with E-state index in [-0.39, 0.29) is 0 Å². The Bertz CT molecular complexity index is 410. The van der Waals surface area contributed by atoms with Crippen LogP contribution in [0.15, 0.2) is 24.5 Å². The molecule has 0 amide bonds. The van der Waals surface area contributed by atoms with Crippen molar-refractivity contribution < 1.29 is 0 Å². The number of aromatic nitrogens is 1. The van der Waals surface area contributed by atoms with E-state index in [1.807, 2.05) is 12.4 Å². The number of hydrogen-bond acceptors (Lipinski definition) is 5. The van der Waals surface area contributed by atoms with E-state index in [1.165, 1.54) is 5.56 Å². The molecule has 0 spiro atoms. The standard InChI is InChI=1S/C16H27N5/c1-19-9-11-21(12-10-19)16(15-3-2-4-18-13-15)14-20-7-5-17-6-8-20/h2-4,13,16-17H,5-12,14H2,1H3. The van der Waals surface area contributed by atoms with Crippen LogP contribution in [0.1, 0.15) is 11.6 Å². The summed E-state index contributed by atoms with van der Waals surface area (Å²) >= 11 is 0. The number of nitrogens with one attached hydrogen (secondary N) is 1. The molecular formula is C16H27N5. The minimum absolute atomic E-state index is 0.477. The molecule has 1 unspecified atom stereocenters. The monoisotopic (exact) mass is 289 g/mol. The van der Waals surface area contributed by atoms with Gasteiger partial charge in [0.25, 0.3) is 0 Å². The predicted octanol–water partition coefficient (Wildman–Crippen LogP) is 0.275. The second-order valence-corrected chi connectivity index (χ2v) is 6.19. The van der Waals surface area contributed by atoms with Crippen LogP contribution >= 0.6 is 0 Å². The molecule has 1 aromatic heterocycles. The molecule has 0 bridgehead atoms. The van der Waals surface area contributed by atoms with Crippen LogP contribution in [-0.2, 0) is 0 Å². The van der Waals surface area contributed by atoms with Crippen LogP contribution in [0, 0.1) is 0 Å². The SMILES string of the molecule is CN1CCN(C(CN2CCNCC2)c2cccnc2)CC1. The van der Waals surface area contributed by atoms with Gasteiger partial charge in [-0.25, -0.2) is 0 Å². The van der Waals surface area contributed by atoms with Gasteiger partial charge in [0.2, 0.25) is 0 Å². The Hall–Kier alpha value is -1.01. The van der Waals surface area contributed by atoms with Crippen molar-refractivity contribution in [2.24, 2.45) is 0 Å². The normalized spacial score (nSPS) is 24.0. The van der Waals surface area contributed by atoms with E-state index in [2.05, 4.69) is 44.2 Å². The van der Waals surface area contributed by atoms with Gasteiger partial charge >= 0.3 is 0 Å². The highest BCUT2D eigenvalue weighted by molar-refractivity contribution is 5.15. The van der Waals surface area contributed by atoms with Crippen molar-refractivity contribution in [1.82, 2.24) is 25.0 Å². The van der Waals surface area contributed by atoms with E-state index >= 15 is 0 Å². The van der Waals surface area contributed by atoms with Crippen molar-refractivity contribution in [3.05, 3.63) is 30.1 Å². The third-order valence-electron chi connectivity index (χ3n) is 4.69. The molecule has 2 aliphatic heterocycles. The molecule has 5 nitrogen and oxygen atoms in total.